The van der Waals surface area contributed by atoms with Crippen molar-refractivity contribution in [3.8, 4) is 5.75 Å². The van der Waals surface area contributed by atoms with Gasteiger partial charge in [-0.3, -0.25) is 4.79 Å². The number of ether oxygens (including phenoxy) is 2. The van der Waals surface area contributed by atoms with Gasteiger partial charge < -0.3 is 20.5 Å². The van der Waals surface area contributed by atoms with Gasteiger partial charge in [0, 0.05) is 30.6 Å². The van der Waals surface area contributed by atoms with Gasteiger partial charge in [0.15, 0.2) is 0 Å². The van der Waals surface area contributed by atoms with Crippen LogP contribution in [0.2, 0.25) is 0 Å². The predicted octanol–water partition coefficient (Wildman–Crippen LogP) is 2.57. The maximum atomic E-state index is 12.6. The van der Waals surface area contributed by atoms with Gasteiger partial charge in [-0.2, -0.15) is 0 Å². The molecule has 2 atom stereocenters. The number of carbonyl (C=O) groups excluding carboxylic acids is 1. The molecule has 0 bridgehead atoms. The van der Waals surface area contributed by atoms with E-state index >= 15 is 0 Å². The van der Waals surface area contributed by atoms with Crippen LogP contribution in [0, 0.1) is 12.3 Å². The zero-order chi connectivity index (χ0) is 17.3. The van der Waals surface area contributed by atoms with Gasteiger partial charge in [0.25, 0.3) is 0 Å². The first-order valence-electron chi connectivity index (χ1n) is 8.08. The number of rotatable bonds is 6. The van der Waals surface area contributed by atoms with Crippen LogP contribution in [0.1, 0.15) is 38.3 Å². The Balaban J connectivity index is 0.00000288. The average Bonchev–Trinajstić information content (AvgIpc) is 2.52. The first-order valence-corrected chi connectivity index (χ1v) is 8.08. The summed E-state index contributed by atoms with van der Waals surface area (Å²) < 4.78 is 11.0. The van der Waals surface area contributed by atoms with Gasteiger partial charge in [-0.1, -0.05) is 26.0 Å². The lowest BCUT2D eigenvalue weighted by Gasteiger charge is -2.57. The average molecular weight is 357 g/mol. The maximum absolute atomic E-state index is 12.6. The number of benzene rings is 1. The molecule has 0 saturated heterocycles. The minimum absolute atomic E-state index is 0. The Bertz CT molecular complexity index is 592. The van der Waals surface area contributed by atoms with E-state index in [1.807, 2.05) is 45.9 Å². The Labute approximate surface area is 150 Å². The molecule has 136 valence electrons. The van der Waals surface area contributed by atoms with Gasteiger partial charge in [0.1, 0.15) is 11.3 Å². The fourth-order valence-corrected chi connectivity index (χ4v) is 3.15. The normalized spacial score (nSPS) is 24.5. The number of amides is 1. The van der Waals surface area contributed by atoms with Gasteiger partial charge in [-0.15, -0.1) is 12.4 Å². The third-order valence-electron chi connectivity index (χ3n) is 5.12. The Kier molecular flexibility index (Phi) is 6.67. The van der Waals surface area contributed by atoms with E-state index in [9.17, 15) is 4.79 Å². The van der Waals surface area contributed by atoms with Crippen LogP contribution in [0.3, 0.4) is 0 Å². The van der Waals surface area contributed by atoms with Crippen LogP contribution in [0.15, 0.2) is 18.2 Å². The molecule has 5 nitrogen and oxygen atoms in total. The lowest BCUT2D eigenvalue weighted by molar-refractivity contribution is -0.170. The van der Waals surface area contributed by atoms with E-state index < -0.39 is 5.54 Å². The van der Waals surface area contributed by atoms with Crippen LogP contribution in [0.25, 0.3) is 0 Å². The topological polar surface area (TPSA) is 73.6 Å². The quantitative estimate of drug-likeness (QED) is 0.821. The Hall–Kier alpha value is -1.30. The van der Waals surface area contributed by atoms with Gasteiger partial charge in [0.05, 0.1) is 13.2 Å². The summed E-state index contributed by atoms with van der Waals surface area (Å²) in [4.78, 5) is 12.6. The second-order valence-electron chi connectivity index (χ2n) is 6.84. The number of halogens is 1. The predicted molar refractivity (Wildman–Crippen MR) is 97.6 cm³/mol. The van der Waals surface area contributed by atoms with Crippen LogP contribution < -0.4 is 15.8 Å². The van der Waals surface area contributed by atoms with Crippen molar-refractivity contribution in [1.29, 1.82) is 0 Å². The lowest BCUT2D eigenvalue weighted by Crippen LogP contribution is -2.75. The van der Waals surface area contributed by atoms with E-state index in [-0.39, 0.29) is 29.8 Å². The highest BCUT2D eigenvalue weighted by Crippen LogP contribution is 2.49. The molecule has 0 aromatic heterocycles. The third kappa shape index (κ3) is 3.53. The van der Waals surface area contributed by atoms with Gasteiger partial charge in [0.2, 0.25) is 5.91 Å². The van der Waals surface area contributed by atoms with Crippen molar-refractivity contribution in [2.45, 2.75) is 52.3 Å². The molecule has 1 aromatic rings. The van der Waals surface area contributed by atoms with Crippen LogP contribution in [-0.2, 0) is 16.1 Å². The van der Waals surface area contributed by atoms with E-state index in [1.165, 1.54) is 0 Å². The van der Waals surface area contributed by atoms with E-state index in [0.717, 1.165) is 16.9 Å². The van der Waals surface area contributed by atoms with E-state index in [2.05, 4.69) is 5.32 Å². The SMILES string of the molecule is CCOC1CC(N)(C(=O)NCc2ccc(C)cc2OC)C1(C)C.Cl. The second-order valence-corrected chi connectivity index (χ2v) is 6.84. The number of aryl methyl sites for hydroxylation is 1. The highest BCUT2D eigenvalue weighted by atomic mass is 35.5. The molecule has 1 aliphatic carbocycles. The van der Waals surface area contributed by atoms with Gasteiger partial charge >= 0.3 is 0 Å². The Morgan fingerprint density at radius 2 is 2.08 bits per heavy atom. The molecule has 0 radical (unpaired) electrons. The summed E-state index contributed by atoms with van der Waals surface area (Å²) in [6.07, 6.45) is 0.571. The summed E-state index contributed by atoms with van der Waals surface area (Å²) in [7, 11) is 1.63. The second kappa shape index (κ2) is 7.72. The molecule has 1 aromatic carbocycles. The molecule has 3 N–H and O–H groups in total. The number of hydrogen-bond donors (Lipinski definition) is 2. The molecule has 6 heteroatoms. The highest BCUT2D eigenvalue weighted by molar-refractivity contribution is 5.88. The van der Waals surface area contributed by atoms with Crippen LogP contribution in [-0.4, -0.2) is 31.3 Å². The molecule has 0 heterocycles. The number of hydrogen-bond acceptors (Lipinski definition) is 4. The minimum atomic E-state index is -0.898. The highest BCUT2D eigenvalue weighted by Gasteiger charge is 2.62. The van der Waals surface area contributed by atoms with Gasteiger partial charge in [-0.05, 0) is 25.5 Å². The molecular formula is C18H29ClN2O3. The Morgan fingerprint density at radius 3 is 2.62 bits per heavy atom. The first kappa shape index (κ1) is 20.7. The summed E-state index contributed by atoms with van der Waals surface area (Å²) >= 11 is 0. The minimum Gasteiger partial charge on any atom is -0.496 e. The standard InChI is InChI=1S/C18H28N2O3.ClH/c1-6-23-15-10-18(19,17(15,3)4)16(21)20-11-13-8-7-12(2)9-14(13)22-5;/h7-9,15H,6,10-11,19H2,1-5H3,(H,20,21);1H. The summed E-state index contributed by atoms with van der Waals surface area (Å²) in [5, 5.41) is 2.95. The van der Waals surface area contributed by atoms with Crippen molar-refractivity contribution in [2.24, 2.45) is 11.1 Å². The molecule has 0 spiro atoms. The molecule has 2 rings (SSSR count). The van der Waals surface area contributed by atoms with Crippen molar-refractivity contribution in [3.05, 3.63) is 29.3 Å². The summed E-state index contributed by atoms with van der Waals surface area (Å²) in [6, 6.07) is 5.92. The first-order chi connectivity index (χ1) is 10.8. The molecular weight excluding hydrogens is 328 g/mol. The summed E-state index contributed by atoms with van der Waals surface area (Å²) in [5.41, 5.74) is 7.15. The fraction of sp³-hybridized carbons (Fsp3) is 0.611. The van der Waals surface area contributed by atoms with E-state index in [4.69, 9.17) is 15.2 Å². The van der Waals surface area contributed by atoms with E-state index in [1.54, 1.807) is 7.11 Å². The number of nitrogens with two attached hydrogens (primary N) is 1. The molecule has 0 aliphatic heterocycles. The largest absolute Gasteiger partial charge is 0.496 e. The van der Waals surface area contributed by atoms with Crippen molar-refractivity contribution < 1.29 is 14.3 Å². The summed E-state index contributed by atoms with van der Waals surface area (Å²) in [5.74, 6) is 0.637. The third-order valence-corrected chi connectivity index (χ3v) is 5.12. The number of methoxy groups -OCH3 is 1. The van der Waals surface area contributed by atoms with Crippen molar-refractivity contribution >= 4 is 18.3 Å². The van der Waals surface area contributed by atoms with Crippen molar-refractivity contribution in [1.82, 2.24) is 5.32 Å². The molecule has 2 unspecified atom stereocenters. The molecule has 1 fully saturated rings. The van der Waals surface area contributed by atoms with Crippen LogP contribution >= 0.6 is 12.4 Å². The Morgan fingerprint density at radius 1 is 1.42 bits per heavy atom. The zero-order valence-corrected chi connectivity index (χ0v) is 16.0. The zero-order valence-electron chi connectivity index (χ0n) is 15.1. The summed E-state index contributed by atoms with van der Waals surface area (Å²) in [6.45, 7) is 8.97. The van der Waals surface area contributed by atoms with Crippen LogP contribution in [0.5, 0.6) is 5.75 Å². The monoisotopic (exact) mass is 356 g/mol. The van der Waals surface area contributed by atoms with E-state index in [0.29, 0.717) is 19.6 Å². The number of nitrogens with one attached hydrogen (secondary N) is 1. The fourth-order valence-electron chi connectivity index (χ4n) is 3.15. The van der Waals surface area contributed by atoms with Crippen LogP contribution in [0.4, 0.5) is 0 Å². The molecule has 1 aliphatic rings. The lowest BCUT2D eigenvalue weighted by atomic mass is 9.54. The maximum Gasteiger partial charge on any atom is 0.241 e. The van der Waals surface area contributed by atoms with Crippen molar-refractivity contribution in [3.63, 3.8) is 0 Å². The van der Waals surface area contributed by atoms with Gasteiger partial charge in [-0.25, -0.2) is 0 Å². The molecule has 1 amide bonds. The molecule has 1 saturated carbocycles. The van der Waals surface area contributed by atoms with Crippen molar-refractivity contribution in [2.75, 3.05) is 13.7 Å². The smallest absolute Gasteiger partial charge is 0.241 e. The molecule has 24 heavy (non-hydrogen) atoms. The number of carbonyl (C=O) groups is 1.